The van der Waals surface area contributed by atoms with Gasteiger partial charge in [-0.15, -0.1) is 0 Å². The molecule has 0 radical (unpaired) electrons. The van der Waals surface area contributed by atoms with Crippen molar-refractivity contribution in [1.29, 1.82) is 0 Å². The standard InChI is InChI=1S/C9H7NO2/c1-2-4-5(10-3-1)7-9(12-7)8-6(4)11-8/h1-3,6-9H/t6-,7?,8+,9?/m0/s1. The van der Waals surface area contributed by atoms with E-state index in [2.05, 4.69) is 11.1 Å². The molecule has 4 rings (SSSR count). The largest absolute Gasteiger partial charge is 0.361 e. The van der Waals surface area contributed by atoms with Crippen molar-refractivity contribution in [2.45, 2.75) is 24.4 Å². The molecule has 0 bridgehead atoms. The van der Waals surface area contributed by atoms with Crippen molar-refractivity contribution in [2.24, 2.45) is 0 Å². The summed E-state index contributed by atoms with van der Waals surface area (Å²) in [6.45, 7) is 0. The molecule has 0 aromatic carbocycles. The summed E-state index contributed by atoms with van der Waals surface area (Å²) >= 11 is 0. The molecule has 1 aromatic rings. The topological polar surface area (TPSA) is 38.0 Å². The molecule has 2 saturated heterocycles. The Morgan fingerprint density at radius 3 is 3.00 bits per heavy atom. The van der Waals surface area contributed by atoms with Crippen LogP contribution in [-0.2, 0) is 9.47 Å². The van der Waals surface area contributed by atoms with E-state index in [1.165, 1.54) is 5.56 Å². The summed E-state index contributed by atoms with van der Waals surface area (Å²) < 4.78 is 11.0. The predicted octanol–water partition coefficient (Wildman–Crippen LogP) is 0.975. The number of ether oxygens (including phenoxy) is 2. The first-order valence-corrected chi connectivity index (χ1v) is 4.21. The molecule has 4 atom stereocenters. The molecular formula is C9H7NO2. The first-order chi connectivity index (χ1) is 5.95. The highest BCUT2D eigenvalue weighted by Gasteiger charge is 2.64. The number of rotatable bonds is 0. The van der Waals surface area contributed by atoms with Crippen molar-refractivity contribution in [1.82, 2.24) is 4.98 Å². The molecule has 1 aromatic heterocycles. The lowest BCUT2D eigenvalue weighted by atomic mass is 9.96. The molecule has 2 aliphatic heterocycles. The molecule has 3 heteroatoms. The summed E-state index contributed by atoms with van der Waals surface area (Å²) in [5, 5.41) is 0. The van der Waals surface area contributed by atoms with Gasteiger partial charge in [-0.1, -0.05) is 6.07 Å². The van der Waals surface area contributed by atoms with Crippen molar-refractivity contribution in [3.8, 4) is 0 Å². The predicted molar refractivity (Wildman–Crippen MR) is 39.5 cm³/mol. The van der Waals surface area contributed by atoms with Crippen LogP contribution in [0.15, 0.2) is 18.3 Å². The van der Waals surface area contributed by atoms with Gasteiger partial charge in [0, 0.05) is 11.8 Å². The van der Waals surface area contributed by atoms with E-state index >= 15 is 0 Å². The molecular weight excluding hydrogens is 154 g/mol. The van der Waals surface area contributed by atoms with Gasteiger partial charge >= 0.3 is 0 Å². The fraction of sp³-hybridized carbons (Fsp3) is 0.444. The molecule has 3 aliphatic rings. The molecule has 0 spiro atoms. The highest BCUT2D eigenvalue weighted by molar-refractivity contribution is 5.37. The fourth-order valence-electron chi connectivity index (χ4n) is 2.13. The zero-order chi connectivity index (χ0) is 7.71. The van der Waals surface area contributed by atoms with Crippen molar-refractivity contribution in [2.75, 3.05) is 0 Å². The highest BCUT2D eigenvalue weighted by Crippen LogP contribution is 2.59. The van der Waals surface area contributed by atoms with E-state index in [0.29, 0.717) is 12.2 Å². The van der Waals surface area contributed by atoms with Gasteiger partial charge in [0.15, 0.2) is 0 Å². The van der Waals surface area contributed by atoms with Crippen LogP contribution >= 0.6 is 0 Å². The third kappa shape index (κ3) is 0.509. The maximum Gasteiger partial charge on any atom is 0.129 e. The quantitative estimate of drug-likeness (QED) is 0.532. The summed E-state index contributed by atoms with van der Waals surface area (Å²) in [4.78, 5) is 4.31. The van der Waals surface area contributed by atoms with Gasteiger partial charge in [-0.05, 0) is 6.07 Å². The van der Waals surface area contributed by atoms with Crippen molar-refractivity contribution >= 4 is 0 Å². The minimum atomic E-state index is 0.241. The van der Waals surface area contributed by atoms with E-state index in [4.69, 9.17) is 9.47 Å². The van der Waals surface area contributed by atoms with Crippen molar-refractivity contribution in [3.05, 3.63) is 29.6 Å². The van der Waals surface area contributed by atoms with Crippen LogP contribution in [-0.4, -0.2) is 17.2 Å². The summed E-state index contributed by atoms with van der Waals surface area (Å²) in [6, 6.07) is 4.05. The summed E-state index contributed by atoms with van der Waals surface area (Å²) in [5.74, 6) is 0. The molecule has 0 amide bonds. The smallest absolute Gasteiger partial charge is 0.129 e. The van der Waals surface area contributed by atoms with E-state index in [9.17, 15) is 0 Å². The van der Waals surface area contributed by atoms with Crippen LogP contribution < -0.4 is 0 Å². The number of epoxide rings is 2. The zero-order valence-corrected chi connectivity index (χ0v) is 6.31. The van der Waals surface area contributed by atoms with Gasteiger partial charge in [-0.2, -0.15) is 0 Å². The van der Waals surface area contributed by atoms with Gasteiger partial charge in [-0.25, -0.2) is 0 Å². The van der Waals surface area contributed by atoms with E-state index in [1.54, 1.807) is 0 Å². The lowest BCUT2D eigenvalue weighted by Gasteiger charge is -2.05. The maximum absolute atomic E-state index is 5.49. The molecule has 60 valence electrons. The number of hydrogen-bond donors (Lipinski definition) is 0. The number of pyridine rings is 1. The van der Waals surface area contributed by atoms with Gasteiger partial charge in [0.05, 0.1) is 5.69 Å². The van der Waals surface area contributed by atoms with Gasteiger partial charge in [0.2, 0.25) is 0 Å². The first kappa shape index (κ1) is 5.67. The minimum absolute atomic E-state index is 0.241. The molecule has 3 nitrogen and oxygen atoms in total. The van der Waals surface area contributed by atoms with E-state index in [-0.39, 0.29) is 12.2 Å². The van der Waals surface area contributed by atoms with Crippen molar-refractivity contribution in [3.63, 3.8) is 0 Å². The molecule has 3 heterocycles. The lowest BCUT2D eigenvalue weighted by Crippen LogP contribution is -2.08. The normalized spacial score (nSPS) is 45.7. The Kier molecular flexibility index (Phi) is 0.736. The van der Waals surface area contributed by atoms with Gasteiger partial charge < -0.3 is 9.47 Å². The molecule has 1 aliphatic carbocycles. The van der Waals surface area contributed by atoms with E-state index in [1.807, 2.05) is 12.3 Å². The Bertz CT molecular complexity index is 330. The SMILES string of the molecule is c1cnc2c(c1)[C@@H]1O[C@H]1C1OC21. The van der Waals surface area contributed by atoms with E-state index in [0.717, 1.165) is 5.69 Å². The van der Waals surface area contributed by atoms with Gasteiger partial charge in [-0.3, -0.25) is 4.98 Å². The van der Waals surface area contributed by atoms with Crippen LogP contribution in [0.25, 0.3) is 0 Å². The number of nitrogens with zero attached hydrogens (tertiary/aromatic N) is 1. The molecule has 2 fully saturated rings. The Labute approximate surface area is 69.3 Å². The molecule has 0 N–H and O–H groups in total. The van der Waals surface area contributed by atoms with Crippen LogP contribution in [0.3, 0.4) is 0 Å². The molecule has 2 unspecified atom stereocenters. The van der Waals surface area contributed by atoms with Crippen LogP contribution in [0, 0.1) is 0 Å². The Balaban J connectivity index is 1.99. The third-order valence-corrected chi connectivity index (χ3v) is 2.82. The Morgan fingerprint density at radius 1 is 1.17 bits per heavy atom. The van der Waals surface area contributed by atoms with Crippen LogP contribution in [0.5, 0.6) is 0 Å². The Morgan fingerprint density at radius 2 is 2.00 bits per heavy atom. The maximum atomic E-state index is 5.49. The van der Waals surface area contributed by atoms with E-state index < -0.39 is 0 Å². The van der Waals surface area contributed by atoms with Crippen LogP contribution in [0.2, 0.25) is 0 Å². The summed E-state index contributed by atoms with van der Waals surface area (Å²) in [5.41, 5.74) is 2.34. The van der Waals surface area contributed by atoms with Crippen LogP contribution in [0.4, 0.5) is 0 Å². The highest BCUT2D eigenvalue weighted by atomic mass is 16.7. The fourth-order valence-corrected chi connectivity index (χ4v) is 2.13. The lowest BCUT2D eigenvalue weighted by molar-refractivity contribution is 0.303. The van der Waals surface area contributed by atoms with Crippen molar-refractivity contribution < 1.29 is 9.47 Å². The number of hydrogen-bond acceptors (Lipinski definition) is 3. The monoisotopic (exact) mass is 161 g/mol. The average Bonchev–Trinajstić information content (AvgIpc) is 2.98. The zero-order valence-electron chi connectivity index (χ0n) is 6.31. The minimum Gasteiger partial charge on any atom is -0.361 e. The third-order valence-electron chi connectivity index (χ3n) is 2.82. The number of aromatic nitrogens is 1. The molecule has 12 heavy (non-hydrogen) atoms. The second-order valence-electron chi connectivity index (χ2n) is 3.52. The second kappa shape index (κ2) is 1.56. The van der Waals surface area contributed by atoms with Gasteiger partial charge in [0.25, 0.3) is 0 Å². The summed E-state index contributed by atoms with van der Waals surface area (Å²) in [6.07, 6.45) is 3.01. The van der Waals surface area contributed by atoms with Gasteiger partial charge in [0.1, 0.15) is 24.4 Å². The molecule has 0 saturated carbocycles. The average molecular weight is 161 g/mol. The number of fused-ring (bicyclic) bond motifs is 6. The van der Waals surface area contributed by atoms with Crippen LogP contribution in [0.1, 0.15) is 23.5 Å². The summed E-state index contributed by atoms with van der Waals surface area (Å²) in [7, 11) is 0. The first-order valence-electron chi connectivity index (χ1n) is 4.21. The Hall–Kier alpha value is -0.930. The second-order valence-corrected chi connectivity index (χ2v) is 3.52.